The first-order chi connectivity index (χ1) is 30.8. The van der Waals surface area contributed by atoms with Gasteiger partial charge in [0.05, 0.1) is 57.1 Å². The highest BCUT2D eigenvalue weighted by molar-refractivity contribution is 7.86. The van der Waals surface area contributed by atoms with Crippen molar-refractivity contribution in [3.05, 3.63) is 96.5 Å². The van der Waals surface area contributed by atoms with E-state index >= 15 is 0 Å². The van der Waals surface area contributed by atoms with Crippen molar-refractivity contribution < 1.29 is 37.1 Å². The zero-order valence-corrected chi connectivity index (χ0v) is 39.7. The minimum Gasteiger partial charge on any atom is -0.453 e. The number of amides is 4. The van der Waals surface area contributed by atoms with Crippen LogP contribution in [0.25, 0.3) is 22.5 Å². The van der Waals surface area contributed by atoms with Gasteiger partial charge in [-0.2, -0.15) is 12.7 Å². The molecule has 0 fully saturated rings. The van der Waals surface area contributed by atoms with Gasteiger partial charge in [0.1, 0.15) is 23.7 Å². The van der Waals surface area contributed by atoms with Crippen LogP contribution in [0.5, 0.6) is 0 Å². The number of nitrogens with one attached hydrogen (secondary N) is 4. The number of alkyl carbamates (subject to hydrolysis) is 2. The minimum absolute atomic E-state index is 0.00400. The second kappa shape index (κ2) is 23.3. The monoisotopic (exact) mass is 914 g/mol. The number of rotatable bonds is 20. The number of methoxy groups -OCH3 is 2. The van der Waals surface area contributed by atoms with Crippen LogP contribution < -0.4 is 10.6 Å². The average Bonchev–Trinajstić information content (AvgIpc) is 3.98. The van der Waals surface area contributed by atoms with Gasteiger partial charge in [-0.3, -0.25) is 13.9 Å². The van der Waals surface area contributed by atoms with Crippen LogP contribution in [0.2, 0.25) is 0 Å². The molecule has 0 bridgehead atoms. The van der Waals surface area contributed by atoms with Crippen molar-refractivity contribution in [1.82, 2.24) is 49.0 Å². The number of aromatic amines is 2. The summed E-state index contributed by atoms with van der Waals surface area (Å²) in [6.07, 6.45) is 3.87. The predicted octanol–water partition coefficient (Wildman–Crippen LogP) is 5.51. The molecule has 2 aromatic heterocycles. The van der Waals surface area contributed by atoms with E-state index in [-0.39, 0.29) is 43.4 Å². The molecule has 2 heterocycles. The number of nitrogens with zero attached hydrogens (tertiary/aromatic N) is 6. The average molecular weight is 915 g/mol. The second-order valence-electron chi connectivity index (χ2n) is 16.1. The molecule has 19 heteroatoms. The molecule has 65 heavy (non-hydrogen) atoms. The molecule has 3 atom stereocenters. The summed E-state index contributed by atoms with van der Waals surface area (Å²) in [4.78, 5) is 70.6. The van der Waals surface area contributed by atoms with Gasteiger partial charge >= 0.3 is 22.4 Å². The van der Waals surface area contributed by atoms with Gasteiger partial charge in [-0.25, -0.2) is 19.6 Å². The number of ether oxygens (including phenoxy) is 2. The fourth-order valence-corrected chi connectivity index (χ4v) is 7.65. The maximum Gasteiger partial charge on any atom is 0.407 e. The molecule has 0 radical (unpaired) electrons. The minimum atomic E-state index is -3.86. The Bertz CT molecular complexity index is 2420. The van der Waals surface area contributed by atoms with Crippen LogP contribution >= 0.6 is 0 Å². The maximum atomic E-state index is 13.9. The van der Waals surface area contributed by atoms with E-state index in [1.54, 1.807) is 31.1 Å². The van der Waals surface area contributed by atoms with E-state index in [9.17, 15) is 27.6 Å². The number of H-pyrrole nitrogens is 2. The Hall–Kier alpha value is -6.65. The number of hydrogen-bond acceptors (Lipinski definition) is 10. The molecule has 0 spiro atoms. The molecule has 4 amide bonds. The van der Waals surface area contributed by atoms with Crippen LogP contribution in [-0.4, -0.2) is 131 Å². The van der Waals surface area contributed by atoms with E-state index in [1.165, 1.54) is 39.4 Å². The van der Waals surface area contributed by atoms with Crippen molar-refractivity contribution in [2.24, 2.45) is 11.8 Å². The molecule has 0 saturated heterocycles. The quantitative estimate of drug-likeness (QED) is 0.0816. The number of benzene rings is 2. The van der Waals surface area contributed by atoms with Crippen LogP contribution in [0, 0.1) is 23.7 Å². The SMILES string of the molecule is C=CN(CCN(Cc1ncc(-c2ccc(C#Cc3ccc(-c4cnc([C@H](C)N(CCC)C(=O)[C@@H](NC(=O)OC)C(C)C)[nH]4)cc3)cc2)[nH]1)C(=O)[C@@H](NC(=O)OC)C(C)C)S(=O)(=O)N(C)C. The third kappa shape index (κ3) is 13.4. The number of aromatic nitrogens is 4. The largest absolute Gasteiger partial charge is 0.453 e. The molecule has 0 unspecified atom stereocenters. The number of carbonyl (C=O) groups excluding carboxylic acids is 4. The Morgan fingerprint density at radius 2 is 1.25 bits per heavy atom. The Morgan fingerprint density at radius 3 is 1.71 bits per heavy atom. The predicted molar refractivity (Wildman–Crippen MR) is 248 cm³/mol. The summed E-state index contributed by atoms with van der Waals surface area (Å²) in [5, 5.41) is 5.27. The lowest BCUT2D eigenvalue weighted by atomic mass is 10.0. The number of hydrogen-bond donors (Lipinski definition) is 4. The molecule has 4 rings (SSSR count). The van der Waals surface area contributed by atoms with Gasteiger partial charge in [0.25, 0.3) is 0 Å². The van der Waals surface area contributed by atoms with Gasteiger partial charge in [0.15, 0.2) is 0 Å². The van der Waals surface area contributed by atoms with Gasteiger partial charge in [0.2, 0.25) is 11.8 Å². The lowest BCUT2D eigenvalue weighted by Crippen LogP contribution is -2.52. The molecular formula is C46H62N10O8S. The van der Waals surface area contributed by atoms with E-state index in [2.05, 4.69) is 49.0 Å². The summed E-state index contributed by atoms with van der Waals surface area (Å²) in [6, 6.07) is 13.2. The summed E-state index contributed by atoms with van der Waals surface area (Å²) in [7, 11) is 1.42. The third-order valence-corrected chi connectivity index (χ3v) is 12.4. The first-order valence-corrected chi connectivity index (χ1v) is 22.7. The van der Waals surface area contributed by atoms with Gasteiger partial charge in [-0.05, 0) is 60.6 Å². The molecule has 350 valence electrons. The number of carbonyl (C=O) groups is 4. The highest BCUT2D eigenvalue weighted by Gasteiger charge is 2.33. The summed E-state index contributed by atoms with van der Waals surface area (Å²) in [5.74, 6) is 6.36. The Labute approximate surface area is 382 Å². The van der Waals surface area contributed by atoms with Crippen LogP contribution in [0.1, 0.15) is 76.8 Å². The van der Waals surface area contributed by atoms with Crippen molar-refractivity contribution in [2.45, 2.75) is 72.6 Å². The molecule has 0 saturated carbocycles. The van der Waals surface area contributed by atoms with Crippen LogP contribution in [0.3, 0.4) is 0 Å². The van der Waals surface area contributed by atoms with E-state index in [0.29, 0.717) is 23.9 Å². The second-order valence-corrected chi connectivity index (χ2v) is 18.2. The Morgan fingerprint density at radius 1 is 0.754 bits per heavy atom. The molecule has 2 aromatic carbocycles. The summed E-state index contributed by atoms with van der Waals surface area (Å²) < 4.78 is 37.3. The van der Waals surface area contributed by atoms with Gasteiger partial charge in [-0.15, -0.1) is 0 Å². The zero-order valence-electron chi connectivity index (χ0n) is 38.8. The topological polar surface area (TPSA) is 215 Å². The van der Waals surface area contributed by atoms with Gasteiger partial charge in [0, 0.05) is 44.5 Å². The molecule has 0 aliphatic heterocycles. The normalized spacial score (nSPS) is 12.7. The van der Waals surface area contributed by atoms with Crippen LogP contribution in [-0.2, 0) is 35.8 Å². The smallest absolute Gasteiger partial charge is 0.407 e. The number of imidazole rings is 2. The van der Waals surface area contributed by atoms with E-state index in [4.69, 9.17) is 9.47 Å². The fraction of sp³-hybridized carbons (Fsp3) is 0.435. The highest BCUT2D eigenvalue weighted by Crippen LogP contribution is 2.25. The van der Waals surface area contributed by atoms with Crippen LogP contribution in [0.15, 0.2) is 73.7 Å². The Kier molecular flexibility index (Phi) is 18.3. The molecule has 0 aliphatic carbocycles. The highest BCUT2D eigenvalue weighted by atomic mass is 32.2. The third-order valence-electron chi connectivity index (χ3n) is 10.6. The standard InChI is InChI=1S/C46H62N10O8S/c1-12-24-56(44(58)41(31(5)6)52-46(60)64-11)32(7)42-48-28-38(50-42)36-22-18-34(19-23-36)15-14-33-16-20-35(21-17-33)37-27-47-39(49-37)29-54(25-26-55(13-2)65(61,62)53(8)9)43(57)40(30(3)4)51-45(59)63-10/h13,16-23,27-28,30-32,40-41H,2,12,24-26,29H2,1,3-11H3,(H,47,49)(H,48,50)(H,51,59)(H,52,60)/t32-,40-,41-/m0/s1. The lowest BCUT2D eigenvalue weighted by Gasteiger charge is -2.33. The maximum absolute atomic E-state index is 13.9. The Balaban J connectivity index is 1.46. The van der Waals surface area contributed by atoms with E-state index < -0.39 is 40.4 Å². The fourth-order valence-electron chi connectivity index (χ4n) is 6.73. The molecule has 4 aromatic rings. The first kappa shape index (κ1) is 51.0. The molecular weight excluding hydrogens is 853 g/mol. The first-order valence-electron chi connectivity index (χ1n) is 21.3. The molecule has 0 aliphatic rings. The van der Waals surface area contributed by atoms with Crippen molar-refractivity contribution in [3.63, 3.8) is 0 Å². The van der Waals surface area contributed by atoms with E-state index in [0.717, 1.165) is 43.0 Å². The molecule has 18 nitrogen and oxygen atoms in total. The van der Waals surface area contributed by atoms with Gasteiger partial charge < -0.3 is 39.9 Å². The van der Waals surface area contributed by atoms with E-state index in [1.807, 2.05) is 76.2 Å². The summed E-state index contributed by atoms with van der Waals surface area (Å²) in [5.41, 5.74) is 4.78. The zero-order chi connectivity index (χ0) is 48.0. The lowest BCUT2D eigenvalue weighted by molar-refractivity contribution is -0.137. The van der Waals surface area contributed by atoms with Gasteiger partial charge in [-0.1, -0.05) is 77.3 Å². The van der Waals surface area contributed by atoms with Crippen LogP contribution in [0.4, 0.5) is 9.59 Å². The summed E-state index contributed by atoms with van der Waals surface area (Å²) >= 11 is 0. The van der Waals surface area contributed by atoms with Crippen molar-refractivity contribution in [1.29, 1.82) is 0 Å². The van der Waals surface area contributed by atoms with Crippen molar-refractivity contribution in [3.8, 4) is 34.4 Å². The van der Waals surface area contributed by atoms with Crippen molar-refractivity contribution >= 4 is 34.2 Å². The summed E-state index contributed by atoms with van der Waals surface area (Å²) in [6.45, 7) is 15.2. The van der Waals surface area contributed by atoms with Crippen molar-refractivity contribution in [2.75, 3.05) is 47.9 Å². The molecule has 4 N–H and O–H groups in total.